The molecule has 0 bridgehead atoms. The number of nitrogens with one attached hydrogen (secondary N) is 1. The summed E-state index contributed by atoms with van der Waals surface area (Å²) in [5.41, 5.74) is -1.45. The van der Waals surface area contributed by atoms with Crippen LogP contribution in [-0.2, 0) is 0 Å². The van der Waals surface area contributed by atoms with E-state index in [1.807, 2.05) is 0 Å². The molecule has 11 heteroatoms. The fourth-order valence-corrected chi connectivity index (χ4v) is 1.12. The van der Waals surface area contributed by atoms with Crippen LogP contribution in [0.5, 0.6) is 0 Å². The number of aromatic nitrogens is 1. The van der Waals surface area contributed by atoms with Crippen molar-refractivity contribution in [2.75, 3.05) is 11.9 Å². The molecule has 0 spiro atoms. The molecule has 0 saturated heterocycles. The van der Waals surface area contributed by atoms with Gasteiger partial charge in [-0.3, -0.25) is 10.1 Å². The predicted octanol–water partition coefficient (Wildman–Crippen LogP) is 2.00. The highest BCUT2D eigenvalue weighted by molar-refractivity contribution is 5.88. The molecule has 110 valence electrons. The van der Waals surface area contributed by atoms with E-state index in [1.54, 1.807) is 5.32 Å². The summed E-state index contributed by atoms with van der Waals surface area (Å²) in [5.74, 6) is -6.63. The molecule has 0 aliphatic rings. The Balaban J connectivity index is 3.01. The van der Waals surface area contributed by atoms with Crippen LogP contribution in [0.4, 0.5) is 29.1 Å². The maximum atomic E-state index is 12.7. The predicted molar refractivity (Wildman–Crippen MR) is 57.3 cm³/mol. The minimum Gasteiger partial charge on any atom is -0.478 e. The van der Waals surface area contributed by atoms with E-state index in [4.69, 9.17) is 5.11 Å². The van der Waals surface area contributed by atoms with Crippen molar-refractivity contribution in [3.8, 4) is 0 Å². The second-order valence-electron chi connectivity index (χ2n) is 3.57. The van der Waals surface area contributed by atoms with Crippen molar-refractivity contribution in [2.45, 2.75) is 12.3 Å². The molecule has 1 rings (SSSR count). The maximum absolute atomic E-state index is 12.7. The Morgan fingerprint density at radius 3 is 2.60 bits per heavy atom. The summed E-state index contributed by atoms with van der Waals surface area (Å²) in [4.78, 5) is 23.4. The normalized spacial score (nSPS) is 11.4. The Morgan fingerprint density at radius 2 is 2.15 bits per heavy atom. The summed E-state index contributed by atoms with van der Waals surface area (Å²) < 4.78 is 49.2. The number of pyridine rings is 1. The number of halogens is 4. The van der Waals surface area contributed by atoms with E-state index in [2.05, 4.69) is 4.98 Å². The molecular formula is C9H7F4N3O4. The molecule has 0 aliphatic carbocycles. The second kappa shape index (κ2) is 5.67. The van der Waals surface area contributed by atoms with Crippen LogP contribution in [0.3, 0.4) is 0 Å². The van der Waals surface area contributed by atoms with Crippen LogP contribution in [0.2, 0.25) is 0 Å². The average Bonchev–Trinajstić information content (AvgIpc) is 2.35. The van der Waals surface area contributed by atoms with Crippen LogP contribution >= 0.6 is 0 Å². The fraction of sp³-hybridized carbons (Fsp3) is 0.333. The van der Waals surface area contributed by atoms with Crippen LogP contribution in [-0.4, -0.2) is 39.9 Å². The second-order valence-corrected chi connectivity index (χ2v) is 3.57. The van der Waals surface area contributed by atoms with Gasteiger partial charge in [-0.1, -0.05) is 0 Å². The lowest BCUT2D eigenvalue weighted by molar-refractivity contribution is -0.384. The monoisotopic (exact) mass is 297 g/mol. The first kappa shape index (κ1) is 15.6. The maximum Gasteiger partial charge on any atom is 0.337 e. The molecule has 0 saturated carbocycles. The van der Waals surface area contributed by atoms with Crippen LogP contribution in [0, 0.1) is 10.1 Å². The molecule has 0 fully saturated rings. The molecular weight excluding hydrogens is 290 g/mol. The molecule has 1 aromatic heterocycles. The standard InChI is InChI=1S/C9H7F4N3O4/c10-8(11)9(12,13)3-15-6-5(16(19)20)1-4(2-14-6)7(17)18/h1-2,8H,3H2,(H,14,15)(H,17,18). The summed E-state index contributed by atoms with van der Waals surface area (Å²) >= 11 is 0. The third-order valence-corrected chi connectivity index (χ3v) is 2.12. The molecule has 7 nitrogen and oxygen atoms in total. The van der Waals surface area contributed by atoms with E-state index in [1.165, 1.54) is 0 Å². The van der Waals surface area contributed by atoms with Crippen molar-refractivity contribution in [1.82, 2.24) is 4.98 Å². The van der Waals surface area contributed by atoms with Gasteiger partial charge in [0.1, 0.15) is 0 Å². The van der Waals surface area contributed by atoms with Gasteiger partial charge < -0.3 is 10.4 Å². The summed E-state index contributed by atoms with van der Waals surface area (Å²) in [6.07, 6.45) is -3.27. The number of carbonyl (C=O) groups is 1. The zero-order valence-corrected chi connectivity index (χ0v) is 9.52. The minimum absolute atomic E-state index is 0.539. The molecule has 0 amide bonds. The van der Waals surface area contributed by atoms with Crippen LogP contribution < -0.4 is 5.32 Å². The van der Waals surface area contributed by atoms with Gasteiger partial charge in [-0.05, 0) is 0 Å². The quantitative estimate of drug-likeness (QED) is 0.472. The number of carboxylic acid groups (broad SMARTS) is 1. The highest BCUT2D eigenvalue weighted by Crippen LogP contribution is 2.27. The fourth-order valence-electron chi connectivity index (χ4n) is 1.12. The smallest absolute Gasteiger partial charge is 0.337 e. The highest BCUT2D eigenvalue weighted by Gasteiger charge is 2.41. The number of hydrogen-bond donors (Lipinski definition) is 2. The molecule has 20 heavy (non-hydrogen) atoms. The number of nitrogens with zero attached hydrogens (tertiary/aromatic N) is 2. The Kier molecular flexibility index (Phi) is 4.42. The highest BCUT2D eigenvalue weighted by atomic mass is 19.3. The molecule has 1 heterocycles. The average molecular weight is 297 g/mol. The first-order chi connectivity index (χ1) is 9.15. The van der Waals surface area contributed by atoms with Crippen molar-refractivity contribution < 1.29 is 32.4 Å². The summed E-state index contributed by atoms with van der Waals surface area (Å²) in [7, 11) is 0. The van der Waals surface area contributed by atoms with Crippen LogP contribution in [0.15, 0.2) is 12.3 Å². The Bertz CT molecular complexity index is 538. The van der Waals surface area contributed by atoms with Crippen molar-refractivity contribution in [3.63, 3.8) is 0 Å². The molecule has 0 aliphatic heterocycles. The Morgan fingerprint density at radius 1 is 1.55 bits per heavy atom. The summed E-state index contributed by atoms with van der Waals surface area (Å²) in [6.45, 7) is -1.58. The molecule has 0 atom stereocenters. The number of carboxylic acids is 1. The molecule has 0 unspecified atom stereocenters. The zero-order valence-electron chi connectivity index (χ0n) is 9.52. The summed E-state index contributed by atoms with van der Waals surface area (Å²) in [6, 6.07) is 0.582. The lowest BCUT2D eigenvalue weighted by Gasteiger charge is -2.16. The van der Waals surface area contributed by atoms with Gasteiger partial charge in [0.15, 0.2) is 0 Å². The lowest BCUT2D eigenvalue weighted by Crippen LogP contribution is -2.35. The molecule has 2 N–H and O–H groups in total. The van der Waals surface area contributed by atoms with Gasteiger partial charge in [-0.25, -0.2) is 18.6 Å². The largest absolute Gasteiger partial charge is 0.478 e. The van der Waals surface area contributed by atoms with Crippen LogP contribution in [0.25, 0.3) is 0 Å². The van der Waals surface area contributed by atoms with E-state index in [0.29, 0.717) is 12.3 Å². The van der Waals surface area contributed by atoms with E-state index >= 15 is 0 Å². The number of rotatable bonds is 6. The Labute approximate surface area is 108 Å². The number of alkyl halides is 4. The van der Waals surface area contributed by atoms with E-state index in [9.17, 15) is 32.5 Å². The van der Waals surface area contributed by atoms with Gasteiger partial charge in [-0.15, -0.1) is 0 Å². The van der Waals surface area contributed by atoms with Gasteiger partial charge in [-0.2, -0.15) is 8.78 Å². The minimum atomic E-state index is -4.40. The van der Waals surface area contributed by atoms with E-state index in [0.717, 1.165) is 0 Å². The number of hydrogen-bond acceptors (Lipinski definition) is 5. The van der Waals surface area contributed by atoms with Gasteiger partial charge in [0, 0.05) is 12.3 Å². The topological polar surface area (TPSA) is 105 Å². The van der Waals surface area contributed by atoms with Gasteiger partial charge in [0.2, 0.25) is 5.82 Å². The third-order valence-electron chi connectivity index (χ3n) is 2.12. The molecule has 0 aromatic carbocycles. The number of nitro groups is 1. The number of anilines is 1. The lowest BCUT2D eigenvalue weighted by atomic mass is 10.2. The first-order valence-corrected chi connectivity index (χ1v) is 4.92. The van der Waals surface area contributed by atoms with Crippen LogP contribution in [0.1, 0.15) is 10.4 Å². The van der Waals surface area contributed by atoms with Gasteiger partial charge in [0.25, 0.3) is 0 Å². The van der Waals surface area contributed by atoms with Gasteiger partial charge >= 0.3 is 24.0 Å². The first-order valence-electron chi connectivity index (χ1n) is 4.92. The van der Waals surface area contributed by atoms with Crippen molar-refractivity contribution in [3.05, 3.63) is 27.9 Å². The van der Waals surface area contributed by atoms with Crippen molar-refractivity contribution in [1.29, 1.82) is 0 Å². The van der Waals surface area contributed by atoms with Crippen molar-refractivity contribution >= 4 is 17.5 Å². The van der Waals surface area contributed by atoms with E-state index in [-0.39, 0.29) is 0 Å². The Hall–Kier alpha value is -2.46. The third kappa shape index (κ3) is 3.52. The molecule has 0 radical (unpaired) electrons. The zero-order chi connectivity index (χ0) is 15.5. The van der Waals surface area contributed by atoms with E-state index < -0.39 is 46.9 Å². The number of aromatic carboxylic acids is 1. The molecule has 1 aromatic rings. The SMILES string of the molecule is O=C(O)c1cnc(NCC(F)(F)C(F)F)c([N+](=O)[O-])c1. The summed E-state index contributed by atoms with van der Waals surface area (Å²) in [5, 5.41) is 21.0. The van der Waals surface area contributed by atoms with Crippen molar-refractivity contribution in [2.24, 2.45) is 0 Å². The van der Waals surface area contributed by atoms with Gasteiger partial charge in [0.05, 0.1) is 17.0 Å².